The Kier molecular flexibility index (Phi) is 5.94. The topological polar surface area (TPSA) is 58.2 Å². The number of carbonyl (C=O) groups is 2. The van der Waals surface area contributed by atoms with Crippen molar-refractivity contribution in [3.63, 3.8) is 0 Å². The number of anilines is 1. The maximum absolute atomic E-state index is 12.8. The number of fused-ring (bicyclic) bond motifs is 1. The molecule has 4 nitrogen and oxygen atoms in total. The molecule has 0 fully saturated rings. The SMILES string of the molecule is CCNC(=O)c1c(NC(=O)c2cccc(C)c2)sc2c1CCC(C(C)(C)C)C2. The summed E-state index contributed by atoms with van der Waals surface area (Å²) in [6, 6.07) is 7.51. The van der Waals surface area contributed by atoms with E-state index < -0.39 is 0 Å². The van der Waals surface area contributed by atoms with Crippen molar-refractivity contribution >= 4 is 28.2 Å². The van der Waals surface area contributed by atoms with Gasteiger partial charge < -0.3 is 10.6 Å². The molecule has 28 heavy (non-hydrogen) atoms. The molecule has 1 unspecified atom stereocenters. The molecule has 1 atom stereocenters. The lowest BCUT2D eigenvalue weighted by atomic mass is 9.72. The molecule has 0 aliphatic heterocycles. The number of thiophene rings is 1. The van der Waals surface area contributed by atoms with E-state index in [1.54, 1.807) is 17.4 Å². The van der Waals surface area contributed by atoms with Gasteiger partial charge >= 0.3 is 0 Å². The van der Waals surface area contributed by atoms with Crippen LogP contribution in [0.15, 0.2) is 24.3 Å². The molecule has 0 saturated heterocycles. The molecule has 2 aromatic rings. The first-order valence-corrected chi connectivity index (χ1v) is 10.8. The Labute approximate surface area is 171 Å². The molecular formula is C23H30N2O2S. The summed E-state index contributed by atoms with van der Waals surface area (Å²) in [6.07, 6.45) is 2.93. The van der Waals surface area contributed by atoms with Gasteiger partial charge in [0.25, 0.3) is 11.8 Å². The van der Waals surface area contributed by atoms with Gasteiger partial charge in [0, 0.05) is 17.0 Å². The normalized spacial score (nSPS) is 16.4. The van der Waals surface area contributed by atoms with Crippen molar-refractivity contribution in [1.82, 2.24) is 5.32 Å². The van der Waals surface area contributed by atoms with Gasteiger partial charge in [-0.2, -0.15) is 0 Å². The van der Waals surface area contributed by atoms with Crippen molar-refractivity contribution < 1.29 is 9.59 Å². The summed E-state index contributed by atoms with van der Waals surface area (Å²) < 4.78 is 0. The number of carbonyl (C=O) groups excluding carboxylic acids is 2. The first-order chi connectivity index (χ1) is 13.2. The van der Waals surface area contributed by atoms with Crippen LogP contribution >= 0.6 is 11.3 Å². The number of rotatable bonds is 4. The summed E-state index contributed by atoms with van der Waals surface area (Å²) in [6.45, 7) is 11.3. The van der Waals surface area contributed by atoms with Crippen LogP contribution in [0.5, 0.6) is 0 Å². The van der Waals surface area contributed by atoms with Gasteiger partial charge in [0.05, 0.1) is 5.56 Å². The van der Waals surface area contributed by atoms with E-state index in [-0.39, 0.29) is 17.2 Å². The van der Waals surface area contributed by atoms with Crippen molar-refractivity contribution in [3.8, 4) is 0 Å². The zero-order valence-electron chi connectivity index (χ0n) is 17.4. The standard InChI is InChI=1S/C23H30N2O2S/c1-6-24-21(27)19-17-11-10-16(23(3,4)5)13-18(17)28-22(19)25-20(26)15-9-7-8-14(2)12-15/h7-9,12,16H,6,10-11,13H2,1-5H3,(H,24,27)(H,25,26). The fraction of sp³-hybridized carbons (Fsp3) is 0.478. The van der Waals surface area contributed by atoms with Crippen molar-refractivity contribution in [1.29, 1.82) is 0 Å². The van der Waals surface area contributed by atoms with E-state index in [0.29, 0.717) is 28.6 Å². The molecule has 150 valence electrons. The predicted molar refractivity (Wildman–Crippen MR) is 116 cm³/mol. The van der Waals surface area contributed by atoms with E-state index in [0.717, 1.165) is 30.4 Å². The van der Waals surface area contributed by atoms with Crippen LogP contribution in [0, 0.1) is 18.3 Å². The Morgan fingerprint density at radius 1 is 1.21 bits per heavy atom. The van der Waals surface area contributed by atoms with Gasteiger partial charge in [0.15, 0.2) is 0 Å². The maximum Gasteiger partial charge on any atom is 0.256 e. The number of benzene rings is 1. The lowest BCUT2D eigenvalue weighted by Crippen LogP contribution is -2.28. The molecule has 1 heterocycles. The molecule has 0 spiro atoms. The Balaban J connectivity index is 1.95. The monoisotopic (exact) mass is 398 g/mol. The quantitative estimate of drug-likeness (QED) is 0.743. The van der Waals surface area contributed by atoms with Crippen molar-refractivity contribution in [3.05, 3.63) is 51.4 Å². The molecule has 1 aliphatic carbocycles. The molecule has 3 rings (SSSR count). The first kappa shape index (κ1) is 20.6. The Morgan fingerprint density at radius 2 is 1.96 bits per heavy atom. The highest BCUT2D eigenvalue weighted by atomic mass is 32.1. The molecule has 1 aromatic heterocycles. The average molecular weight is 399 g/mol. The molecule has 2 N–H and O–H groups in total. The second-order valence-corrected chi connectivity index (χ2v) is 9.80. The van der Waals surface area contributed by atoms with Gasteiger partial charge in [-0.3, -0.25) is 9.59 Å². The second kappa shape index (κ2) is 8.08. The van der Waals surface area contributed by atoms with Crippen LogP contribution in [-0.2, 0) is 12.8 Å². The van der Waals surface area contributed by atoms with E-state index in [9.17, 15) is 9.59 Å². The van der Waals surface area contributed by atoms with Gasteiger partial charge in [0.1, 0.15) is 5.00 Å². The minimum Gasteiger partial charge on any atom is -0.352 e. The number of hydrogen-bond acceptors (Lipinski definition) is 3. The third-order valence-electron chi connectivity index (χ3n) is 5.56. The van der Waals surface area contributed by atoms with E-state index >= 15 is 0 Å². The van der Waals surface area contributed by atoms with Crippen LogP contribution in [0.2, 0.25) is 0 Å². The summed E-state index contributed by atoms with van der Waals surface area (Å²) in [4.78, 5) is 26.8. The van der Waals surface area contributed by atoms with Gasteiger partial charge in [-0.05, 0) is 62.1 Å². The molecule has 1 aromatic carbocycles. The summed E-state index contributed by atoms with van der Waals surface area (Å²) in [5, 5.41) is 6.62. The van der Waals surface area contributed by atoms with Crippen LogP contribution in [0.4, 0.5) is 5.00 Å². The molecule has 1 aliphatic rings. The van der Waals surface area contributed by atoms with E-state index in [2.05, 4.69) is 31.4 Å². The number of nitrogens with one attached hydrogen (secondary N) is 2. The van der Waals surface area contributed by atoms with Crippen LogP contribution in [-0.4, -0.2) is 18.4 Å². The van der Waals surface area contributed by atoms with Gasteiger partial charge in [-0.1, -0.05) is 38.5 Å². The first-order valence-electron chi connectivity index (χ1n) is 10.0. The number of hydrogen-bond donors (Lipinski definition) is 2. The fourth-order valence-electron chi connectivity index (χ4n) is 3.86. The van der Waals surface area contributed by atoms with Crippen molar-refractivity contribution in [2.75, 3.05) is 11.9 Å². The van der Waals surface area contributed by atoms with Crippen molar-refractivity contribution in [2.24, 2.45) is 11.3 Å². The highest BCUT2D eigenvalue weighted by Gasteiger charge is 2.34. The summed E-state index contributed by atoms with van der Waals surface area (Å²) in [5.41, 5.74) is 3.67. The lowest BCUT2D eigenvalue weighted by molar-refractivity contribution is 0.0955. The Hall–Kier alpha value is -2.14. The van der Waals surface area contributed by atoms with Crippen LogP contribution in [0.1, 0.15) is 70.8 Å². The van der Waals surface area contributed by atoms with Crippen LogP contribution in [0.3, 0.4) is 0 Å². The summed E-state index contributed by atoms with van der Waals surface area (Å²) in [5.74, 6) is 0.329. The summed E-state index contributed by atoms with van der Waals surface area (Å²) >= 11 is 1.57. The maximum atomic E-state index is 12.8. The largest absolute Gasteiger partial charge is 0.352 e. The van der Waals surface area contributed by atoms with Gasteiger partial charge in [0.2, 0.25) is 0 Å². The molecule has 0 radical (unpaired) electrons. The number of amides is 2. The van der Waals surface area contributed by atoms with Crippen LogP contribution < -0.4 is 10.6 Å². The van der Waals surface area contributed by atoms with E-state index in [4.69, 9.17) is 0 Å². The lowest BCUT2D eigenvalue weighted by Gasteiger charge is -2.33. The minimum atomic E-state index is -0.166. The smallest absolute Gasteiger partial charge is 0.256 e. The van der Waals surface area contributed by atoms with Crippen LogP contribution in [0.25, 0.3) is 0 Å². The van der Waals surface area contributed by atoms with Gasteiger partial charge in [-0.25, -0.2) is 0 Å². The van der Waals surface area contributed by atoms with E-state index in [1.165, 1.54) is 4.88 Å². The van der Waals surface area contributed by atoms with E-state index in [1.807, 2.05) is 32.0 Å². The van der Waals surface area contributed by atoms with Crippen molar-refractivity contribution in [2.45, 2.75) is 53.9 Å². The number of aryl methyl sites for hydroxylation is 1. The molecule has 2 amide bonds. The Bertz CT molecular complexity index is 892. The third-order valence-corrected chi connectivity index (χ3v) is 6.73. The zero-order chi connectivity index (χ0) is 20.5. The highest BCUT2D eigenvalue weighted by molar-refractivity contribution is 7.17. The third kappa shape index (κ3) is 4.30. The second-order valence-electron chi connectivity index (χ2n) is 8.70. The Morgan fingerprint density at radius 3 is 2.61 bits per heavy atom. The molecule has 0 saturated carbocycles. The predicted octanol–water partition coefficient (Wildman–Crippen LogP) is 5.21. The molecule has 5 heteroatoms. The van der Waals surface area contributed by atoms with Gasteiger partial charge in [-0.15, -0.1) is 11.3 Å². The fourth-order valence-corrected chi connectivity index (χ4v) is 5.18. The highest BCUT2D eigenvalue weighted by Crippen LogP contribution is 2.44. The summed E-state index contributed by atoms with van der Waals surface area (Å²) in [7, 11) is 0. The zero-order valence-corrected chi connectivity index (χ0v) is 18.3. The average Bonchev–Trinajstić information content (AvgIpc) is 2.98. The molecule has 0 bridgehead atoms. The molecular weight excluding hydrogens is 368 g/mol. The minimum absolute atomic E-state index is 0.0891.